The van der Waals surface area contributed by atoms with Gasteiger partial charge in [0.05, 0.1) is 6.54 Å². The Morgan fingerprint density at radius 3 is 2.56 bits per heavy atom. The number of halogens is 2. The van der Waals surface area contributed by atoms with Gasteiger partial charge in [-0.1, -0.05) is 30.3 Å². The van der Waals surface area contributed by atoms with Crippen LogP contribution in [0.25, 0.3) is 10.9 Å². The molecule has 132 valence electrons. The van der Waals surface area contributed by atoms with E-state index in [1.54, 1.807) is 19.2 Å². The number of para-hydroxylation sites is 1. The molecule has 0 radical (unpaired) electrons. The summed E-state index contributed by atoms with van der Waals surface area (Å²) in [7, 11) is 1.75. The van der Waals surface area contributed by atoms with Gasteiger partial charge in [0.15, 0.2) is 5.96 Å². The number of hydrogen-bond donors (Lipinski definition) is 3. The van der Waals surface area contributed by atoms with Crippen molar-refractivity contribution in [2.75, 3.05) is 13.6 Å². The highest BCUT2D eigenvalue weighted by molar-refractivity contribution is 14.0. The fourth-order valence-electron chi connectivity index (χ4n) is 2.60. The number of nitrogens with one attached hydrogen (secondary N) is 3. The first-order chi connectivity index (χ1) is 11.7. The molecule has 1 aromatic heterocycles. The van der Waals surface area contributed by atoms with Crippen LogP contribution in [0.5, 0.6) is 0 Å². The summed E-state index contributed by atoms with van der Waals surface area (Å²) in [6.45, 7) is 1.41. The van der Waals surface area contributed by atoms with Crippen LogP contribution in [-0.4, -0.2) is 24.5 Å². The molecule has 0 aliphatic heterocycles. The molecular formula is C19H22FIN4. The van der Waals surface area contributed by atoms with Crippen molar-refractivity contribution in [1.29, 1.82) is 0 Å². The van der Waals surface area contributed by atoms with Gasteiger partial charge in [0.25, 0.3) is 0 Å². The Kier molecular flexibility index (Phi) is 7.24. The Balaban J connectivity index is 0.00000225. The number of rotatable bonds is 5. The van der Waals surface area contributed by atoms with E-state index in [9.17, 15) is 4.39 Å². The summed E-state index contributed by atoms with van der Waals surface area (Å²) in [4.78, 5) is 7.60. The van der Waals surface area contributed by atoms with E-state index in [1.165, 1.54) is 17.5 Å². The summed E-state index contributed by atoms with van der Waals surface area (Å²) in [5.74, 6) is 0.540. The number of H-pyrrole nitrogens is 1. The Hall–Kier alpha value is -2.09. The molecule has 0 spiro atoms. The predicted octanol–water partition coefficient (Wildman–Crippen LogP) is 3.83. The Morgan fingerprint density at radius 2 is 1.84 bits per heavy atom. The molecule has 3 rings (SSSR count). The smallest absolute Gasteiger partial charge is 0.191 e. The second-order valence-electron chi connectivity index (χ2n) is 5.61. The van der Waals surface area contributed by atoms with Crippen LogP contribution in [-0.2, 0) is 13.0 Å². The third-order valence-corrected chi connectivity index (χ3v) is 3.88. The van der Waals surface area contributed by atoms with Crippen molar-refractivity contribution in [2.24, 2.45) is 4.99 Å². The molecule has 0 fully saturated rings. The third kappa shape index (κ3) is 5.45. The van der Waals surface area contributed by atoms with E-state index >= 15 is 0 Å². The molecule has 2 aromatic carbocycles. The summed E-state index contributed by atoms with van der Waals surface area (Å²) in [6.07, 6.45) is 0.813. The maximum Gasteiger partial charge on any atom is 0.191 e. The summed E-state index contributed by atoms with van der Waals surface area (Å²) in [5, 5.41) is 7.76. The number of benzene rings is 2. The lowest BCUT2D eigenvalue weighted by atomic mass is 10.1. The largest absolute Gasteiger partial charge is 0.357 e. The molecule has 1 heterocycles. The molecule has 6 heteroatoms. The van der Waals surface area contributed by atoms with Crippen molar-refractivity contribution in [3.63, 3.8) is 0 Å². The van der Waals surface area contributed by atoms with Crippen LogP contribution in [0.4, 0.5) is 4.39 Å². The van der Waals surface area contributed by atoms with Crippen molar-refractivity contribution < 1.29 is 4.39 Å². The van der Waals surface area contributed by atoms with E-state index < -0.39 is 0 Å². The molecule has 0 unspecified atom stereocenters. The van der Waals surface area contributed by atoms with E-state index in [0.29, 0.717) is 6.54 Å². The molecule has 0 saturated heterocycles. The average molecular weight is 452 g/mol. The predicted molar refractivity (Wildman–Crippen MR) is 112 cm³/mol. The van der Waals surface area contributed by atoms with Crippen molar-refractivity contribution in [2.45, 2.75) is 13.0 Å². The van der Waals surface area contributed by atoms with Gasteiger partial charge in [-0.3, -0.25) is 4.99 Å². The van der Waals surface area contributed by atoms with Crippen molar-refractivity contribution in [3.8, 4) is 0 Å². The van der Waals surface area contributed by atoms with E-state index in [4.69, 9.17) is 0 Å². The van der Waals surface area contributed by atoms with Crippen molar-refractivity contribution in [3.05, 3.63) is 71.7 Å². The zero-order chi connectivity index (χ0) is 16.8. The summed E-state index contributed by atoms with van der Waals surface area (Å²) in [6, 6.07) is 16.9. The number of guanidine groups is 1. The van der Waals surface area contributed by atoms with Gasteiger partial charge in [-0.15, -0.1) is 24.0 Å². The summed E-state index contributed by atoms with van der Waals surface area (Å²) in [5.41, 5.74) is 3.33. The molecule has 3 aromatic rings. The molecular weight excluding hydrogens is 430 g/mol. The van der Waals surface area contributed by atoms with Crippen molar-refractivity contribution >= 4 is 40.8 Å². The minimum Gasteiger partial charge on any atom is -0.357 e. The highest BCUT2D eigenvalue weighted by atomic mass is 127. The van der Waals surface area contributed by atoms with Gasteiger partial charge in [0.1, 0.15) is 5.82 Å². The van der Waals surface area contributed by atoms with Crippen LogP contribution < -0.4 is 10.6 Å². The number of aliphatic imine (C=N–C) groups is 1. The minimum absolute atomic E-state index is 0. The first kappa shape index (κ1) is 19.2. The van der Waals surface area contributed by atoms with Gasteiger partial charge in [-0.2, -0.15) is 0 Å². The molecule has 3 N–H and O–H groups in total. The molecule has 4 nitrogen and oxygen atoms in total. The van der Waals surface area contributed by atoms with Crippen LogP contribution >= 0.6 is 24.0 Å². The monoisotopic (exact) mass is 452 g/mol. The van der Waals surface area contributed by atoms with Gasteiger partial charge in [-0.25, -0.2) is 4.39 Å². The van der Waals surface area contributed by atoms with E-state index in [-0.39, 0.29) is 29.8 Å². The van der Waals surface area contributed by atoms with Crippen LogP contribution in [0.3, 0.4) is 0 Å². The molecule has 0 aliphatic carbocycles. The zero-order valence-corrected chi connectivity index (χ0v) is 16.4. The quantitative estimate of drug-likeness (QED) is 0.313. The lowest BCUT2D eigenvalue weighted by molar-refractivity contribution is 0.626. The second-order valence-corrected chi connectivity index (χ2v) is 5.61. The van der Waals surface area contributed by atoms with E-state index in [1.807, 2.05) is 12.1 Å². The van der Waals surface area contributed by atoms with Gasteiger partial charge in [-0.05, 0) is 41.6 Å². The van der Waals surface area contributed by atoms with Gasteiger partial charge in [0.2, 0.25) is 0 Å². The van der Waals surface area contributed by atoms with Crippen LogP contribution in [0.1, 0.15) is 11.3 Å². The maximum atomic E-state index is 12.9. The highest BCUT2D eigenvalue weighted by Gasteiger charge is 2.02. The van der Waals surface area contributed by atoms with Gasteiger partial charge < -0.3 is 15.6 Å². The number of fused-ring (bicyclic) bond motifs is 1. The first-order valence-corrected chi connectivity index (χ1v) is 8.00. The number of hydrogen-bond acceptors (Lipinski definition) is 1. The zero-order valence-electron chi connectivity index (χ0n) is 14.1. The average Bonchev–Trinajstić information content (AvgIpc) is 3.02. The molecule has 0 amide bonds. The fraction of sp³-hybridized carbons (Fsp3) is 0.211. The lowest BCUT2D eigenvalue weighted by Crippen LogP contribution is -2.37. The SMILES string of the molecule is CN=C(NCCc1ccc(F)cc1)NCc1cc2ccccc2[nH]1.I. The number of aromatic nitrogens is 1. The number of nitrogens with zero attached hydrogens (tertiary/aromatic N) is 1. The molecule has 0 bridgehead atoms. The highest BCUT2D eigenvalue weighted by Crippen LogP contribution is 2.14. The Labute approximate surface area is 164 Å². The molecule has 0 saturated carbocycles. The van der Waals surface area contributed by atoms with Crippen LogP contribution in [0.2, 0.25) is 0 Å². The first-order valence-electron chi connectivity index (χ1n) is 8.00. The fourth-order valence-corrected chi connectivity index (χ4v) is 2.60. The number of aromatic amines is 1. The standard InChI is InChI=1S/C19H21FN4.HI/c1-21-19(22-11-10-14-6-8-16(20)9-7-14)23-13-17-12-15-4-2-3-5-18(15)24-17;/h2-9,12,24H,10-11,13H2,1H3,(H2,21,22,23);1H. The maximum absolute atomic E-state index is 12.9. The minimum atomic E-state index is -0.206. The summed E-state index contributed by atoms with van der Waals surface area (Å²) < 4.78 is 12.9. The van der Waals surface area contributed by atoms with Crippen LogP contribution in [0, 0.1) is 5.82 Å². The molecule has 0 aliphatic rings. The van der Waals surface area contributed by atoms with E-state index in [0.717, 1.165) is 35.7 Å². The Bertz CT molecular complexity index is 794. The second kappa shape index (κ2) is 9.41. The Morgan fingerprint density at radius 1 is 1.08 bits per heavy atom. The van der Waals surface area contributed by atoms with Crippen molar-refractivity contribution in [1.82, 2.24) is 15.6 Å². The normalized spacial score (nSPS) is 11.2. The topological polar surface area (TPSA) is 52.2 Å². The van der Waals surface area contributed by atoms with E-state index in [2.05, 4.69) is 38.8 Å². The summed E-state index contributed by atoms with van der Waals surface area (Å²) >= 11 is 0. The van der Waals surface area contributed by atoms with Crippen LogP contribution in [0.15, 0.2) is 59.6 Å². The van der Waals surface area contributed by atoms with Gasteiger partial charge in [0, 0.05) is 24.8 Å². The molecule has 0 atom stereocenters. The third-order valence-electron chi connectivity index (χ3n) is 3.88. The lowest BCUT2D eigenvalue weighted by Gasteiger charge is -2.11. The van der Waals surface area contributed by atoms with Gasteiger partial charge >= 0.3 is 0 Å². The molecule has 25 heavy (non-hydrogen) atoms.